The average Bonchev–Trinajstić information content (AvgIpc) is 2.95. The van der Waals surface area contributed by atoms with Crippen LogP contribution in [0, 0.1) is 5.92 Å². The first kappa shape index (κ1) is 15.2. The van der Waals surface area contributed by atoms with Crippen LogP contribution in [0.5, 0.6) is 5.75 Å². The van der Waals surface area contributed by atoms with E-state index < -0.39 is 12.2 Å². The van der Waals surface area contributed by atoms with Crippen molar-refractivity contribution in [3.8, 4) is 5.75 Å². The van der Waals surface area contributed by atoms with Gasteiger partial charge >= 0.3 is 6.09 Å². The van der Waals surface area contributed by atoms with Gasteiger partial charge in [-0.3, -0.25) is 4.90 Å². The van der Waals surface area contributed by atoms with Crippen molar-refractivity contribution in [2.45, 2.75) is 38.2 Å². The number of aliphatic hydroxyl groups excluding tert-OH is 1. The SMILES string of the molecule is O=C1OC(CO)CN1c1ccc(OCC2CCCCC2)cc1. The molecular weight excluding hydrogens is 282 g/mol. The van der Waals surface area contributed by atoms with Crippen LogP contribution in [0.3, 0.4) is 0 Å². The zero-order valence-corrected chi connectivity index (χ0v) is 12.7. The van der Waals surface area contributed by atoms with E-state index in [1.54, 1.807) is 0 Å². The lowest BCUT2D eigenvalue weighted by atomic mass is 9.90. The highest BCUT2D eigenvalue weighted by molar-refractivity contribution is 5.89. The van der Waals surface area contributed by atoms with E-state index in [1.165, 1.54) is 37.0 Å². The Morgan fingerprint density at radius 2 is 1.91 bits per heavy atom. The van der Waals surface area contributed by atoms with Gasteiger partial charge in [0.1, 0.15) is 11.9 Å². The van der Waals surface area contributed by atoms with Gasteiger partial charge in [-0.25, -0.2) is 4.79 Å². The van der Waals surface area contributed by atoms with E-state index in [1.807, 2.05) is 24.3 Å². The molecule has 1 amide bonds. The van der Waals surface area contributed by atoms with Crippen LogP contribution in [0.4, 0.5) is 10.5 Å². The number of carbonyl (C=O) groups excluding carboxylic acids is 1. The lowest BCUT2D eigenvalue weighted by Crippen LogP contribution is -2.25. The Labute approximate surface area is 130 Å². The standard InChI is InChI=1S/C17H23NO4/c19-11-16-10-18(17(20)22-16)14-6-8-15(9-7-14)21-12-13-4-2-1-3-5-13/h6-9,13,16,19H,1-5,10-12H2. The highest BCUT2D eigenvalue weighted by Crippen LogP contribution is 2.27. The Balaban J connectivity index is 1.55. The number of nitrogens with zero attached hydrogens (tertiary/aromatic N) is 1. The Bertz CT molecular complexity index is 496. The summed E-state index contributed by atoms with van der Waals surface area (Å²) in [6.45, 7) is 1.01. The maximum absolute atomic E-state index is 11.7. The van der Waals surface area contributed by atoms with Crippen LogP contribution in [0.15, 0.2) is 24.3 Å². The molecule has 5 nitrogen and oxygen atoms in total. The Morgan fingerprint density at radius 3 is 2.55 bits per heavy atom. The molecule has 3 rings (SSSR count). The molecule has 0 bridgehead atoms. The molecular formula is C17H23NO4. The number of rotatable bonds is 5. The molecule has 1 aliphatic heterocycles. The van der Waals surface area contributed by atoms with E-state index in [9.17, 15) is 4.79 Å². The molecule has 0 spiro atoms. The predicted octanol–water partition coefficient (Wildman–Crippen LogP) is 2.96. The van der Waals surface area contributed by atoms with Crippen LogP contribution in [0.25, 0.3) is 0 Å². The minimum absolute atomic E-state index is 0.148. The fourth-order valence-corrected chi connectivity index (χ4v) is 3.12. The molecule has 2 aliphatic rings. The molecule has 1 atom stereocenters. The van der Waals surface area contributed by atoms with E-state index in [0.29, 0.717) is 12.5 Å². The number of benzene rings is 1. The summed E-state index contributed by atoms with van der Waals surface area (Å²) in [7, 11) is 0. The number of hydrogen-bond acceptors (Lipinski definition) is 4. The first-order chi connectivity index (χ1) is 10.8. The fraction of sp³-hybridized carbons (Fsp3) is 0.588. The van der Waals surface area contributed by atoms with Gasteiger partial charge in [0, 0.05) is 5.69 Å². The average molecular weight is 305 g/mol. The molecule has 1 heterocycles. The molecule has 1 unspecified atom stereocenters. The number of carbonyl (C=O) groups is 1. The lowest BCUT2D eigenvalue weighted by molar-refractivity contribution is 0.0963. The molecule has 1 aromatic rings. The van der Waals surface area contributed by atoms with Crippen molar-refractivity contribution in [1.29, 1.82) is 0 Å². The van der Waals surface area contributed by atoms with Crippen LogP contribution in [-0.4, -0.2) is 37.1 Å². The molecule has 0 aromatic heterocycles. The first-order valence-electron chi connectivity index (χ1n) is 8.08. The van der Waals surface area contributed by atoms with E-state index in [0.717, 1.165) is 18.0 Å². The summed E-state index contributed by atoms with van der Waals surface area (Å²) >= 11 is 0. The van der Waals surface area contributed by atoms with Crippen molar-refractivity contribution in [2.24, 2.45) is 5.92 Å². The fourth-order valence-electron chi connectivity index (χ4n) is 3.12. The molecule has 1 aromatic carbocycles. The largest absolute Gasteiger partial charge is 0.493 e. The molecule has 1 N–H and O–H groups in total. The van der Waals surface area contributed by atoms with Gasteiger partial charge in [0.15, 0.2) is 0 Å². The Hall–Kier alpha value is -1.75. The molecule has 22 heavy (non-hydrogen) atoms. The number of amides is 1. The Morgan fingerprint density at radius 1 is 1.18 bits per heavy atom. The lowest BCUT2D eigenvalue weighted by Gasteiger charge is -2.21. The summed E-state index contributed by atoms with van der Waals surface area (Å²) in [5, 5.41) is 9.06. The second-order valence-corrected chi connectivity index (χ2v) is 6.11. The molecule has 0 radical (unpaired) electrons. The van der Waals surface area contributed by atoms with E-state index >= 15 is 0 Å². The molecule has 1 aliphatic carbocycles. The first-order valence-corrected chi connectivity index (χ1v) is 8.08. The smallest absolute Gasteiger partial charge is 0.414 e. The molecule has 5 heteroatoms. The molecule has 1 saturated carbocycles. The minimum atomic E-state index is -0.435. The predicted molar refractivity (Wildman–Crippen MR) is 83.2 cm³/mol. The van der Waals surface area contributed by atoms with Gasteiger partial charge < -0.3 is 14.6 Å². The third-order valence-corrected chi connectivity index (χ3v) is 4.44. The zero-order valence-electron chi connectivity index (χ0n) is 12.7. The Kier molecular flexibility index (Phi) is 4.83. The summed E-state index contributed by atoms with van der Waals surface area (Å²) in [4.78, 5) is 13.3. The third kappa shape index (κ3) is 3.53. The third-order valence-electron chi connectivity index (χ3n) is 4.44. The summed E-state index contributed by atoms with van der Waals surface area (Å²) in [6, 6.07) is 7.49. The second kappa shape index (κ2) is 7.01. The quantitative estimate of drug-likeness (QED) is 0.908. The molecule has 1 saturated heterocycles. The van der Waals surface area contributed by atoms with Crippen molar-refractivity contribution in [1.82, 2.24) is 0 Å². The maximum atomic E-state index is 11.7. The summed E-state index contributed by atoms with van der Waals surface area (Å²) < 4.78 is 10.9. The van der Waals surface area contributed by atoms with Crippen LogP contribution >= 0.6 is 0 Å². The van der Waals surface area contributed by atoms with E-state index in [4.69, 9.17) is 14.6 Å². The summed E-state index contributed by atoms with van der Waals surface area (Å²) in [6.07, 6.45) is 5.67. The van der Waals surface area contributed by atoms with Crippen molar-refractivity contribution < 1.29 is 19.4 Å². The van der Waals surface area contributed by atoms with Gasteiger partial charge in [-0.1, -0.05) is 19.3 Å². The number of cyclic esters (lactones) is 1. The van der Waals surface area contributed by atoms with Gasteiger partial charge in [-0.05, 0) is 43.0 Å². The highest BCUT2D eigenvalue weighted by atomic mass is 16.6. The van der Waals surface area contributed by atoms with Crippen LogP contribution in [-0.2, 0) is 4.74 Å². The number of hydrogen-bond donors (Lipinski definition) is 1. The monoisotopic (exact) mass is 305 g/mol. The van der Waals surface area contributed by atoms with Gasteiger partial charge in [0.05, 0.1) is 19.8 Å². The van der Waals surface area contributed by atoms with Crippen molar-refractivity contribution >= 4 is 11.8 Å². The number of aliphatic hydroxyl groups is 1. The second-order valence-electron chi connectivity index (χ2n) is 6.11. The van der Waals surface area contributed by atoms with Crippen LogP contribution in [0.2, 0.25) is 0 Å². The molecule has 120 valence electrons. The highest BCUT2D eigenvalue weighted by Gasteiger charge is 2.31. The summed E-state index contributed by atoms with van der Waals surface area (Å²) in [5.41, 5.74) is 0.769. The summed E-state index contributed by atoms with van der Waals surface area (Å²) in [5.74, 6) is 1.51. The van der Waals surface area contributed by atoms with Crippen LogP contribution in [0.1, 0.15) is 32.1 Å². The van der Waals surface area contributed by atoms with E-state index in [2.05, 4.69) is 0 Å². The molecule has 2 fully saturated rings. The number of ether oxygens (including phenoxy) is 2. The minimum Gasteiger partial charge on any atom is -0.493 e. The zero-order chi connectivity index (χ0) is 15.4. The van der Waals surface area contributed by atoms with Crippen LogP contribution < -0.4 is 9.64 Å². The normalized spacial score (nSPS) is 22.7. The van der Waals surface area contributed by atoms with Crippen molar-refractivity contribution in [3.63, 3.8) is 0 Å². The maximum Gasteiger partial charge on any atom is 0.414 e. The van der Waals surface area contributed by atoms with Gasteiger partial charge in [-0.2, -0.15) is 0 Å². The van der Waals surface area contributed by atoms with Crippen molar-refractivity contribution in [3.05, 3.63) is 24.3 Å². The van der Waals surface area contributed by atoms with Crippen molar-refractivity contribution in [2.75, 3.05) is 24.7 Å². The van der Waals surface area contributed by atoms with Gasteiger partial charge in [0.25, 0.3) is 0 Å². The van der Waals surface area contributed by atoms with E-state index in [-0.39, 0.29) is 6.61 Å². The number of anilines is 1. The topological polar surface area (TPSA) is 59.0 Å². The van der Waals surface area contributed by atoms with Gasteiger partial charge in [0.2, 0.25) is 0 Å². The van der Waals surface area contributed by atoms with Gasteiger partial charge in [-0.15, -0.1) is 0 Å².